The van der Waals surface area contributed by atoms with Crippen molar-refractivity contribution in [1.82, 2.24) is 19.9 Å². The first-order chi connectivity index (χ1) is 15.2. The highest BCUT2D eigenvalue weighted by Gasteiger charge is 2.31. The standard InChI is InChI=1S/C24H25BrN4O2/c25-21-9-3-7-18(13-21)23-26-22(31-27-23)16-28-11-4-8-20(14-28)24(30)29-12-10-17-5-1-2-6-19(17)15-29/h1-3,5-7,9,13,20H,4,8,10-12,14-16H2. The van der Waals surface area contributed by atoms with E-state index in [1.165, 1.54) is 11.1 Å². The summed E-state index contributed by atoms with van der Waals surface area (Å²) >= 11 is 3.48. The van der Waals surface area contributed by atoms with Gasteiger partial charge in [-0.2, -0.15) is 4.98 Å². The van der Waals surface area contributed by atoms with E-state index in [-0.39, 0.29) is 11.8 Å². The monoisotopic (exact) mass is 480 g/mol. The molecule has 0 spiro atoms. The van der Waals surface area contributed by atoms with Crippen LogP contribution >= 0.6 is 15.9 Å². The fraction of sp³-hybridized carbons (Fsp3) is 0.375. The Balaban J connectivity index is 1.21. The van der Waals surface area contributed by atoms with Crippen molar-refractivity contribution >= 4 is 21.8 Å². The number of amides is 1. The number of carbonyl (C=O) groups is 1. The van der Waals surface area contributed by atoms with Crippen LogP contribution in [0, 0.1) is 5.92 Å². The molecule has 2 aliphatic rings. The topological polar surface area (TPSA) is 62.5 Å². The summed E-state index contributed by atoms with van der Waals surface area (Å²) in [6, 6.07) is 16.3. The lowest BCUT2D eigenvalue weighted by molar-refractivity contribution is -0.138. The molecule has 3 aromatic rings. The van der Waals surface area contributed by atoms with Crippen LogP contribution in [0.5, 0.6) is 0 Å². The maximum atomic E-state index is 13.2. The Hall–Kier alpha value is -2.51. The van der Waals surface area contributed by atoms with E-state index in [0.29, 0.717) is 18.3 Å². The first-order valence-corrected chi connectivity index (χ1v) is 11.6. The van der Waals surface area contributed by atoms with Crippen molar-refractivity contribution in [3.05, 3.63) is 70.0 Å². The number of rotatable bonds is 4. The van der Waals surface area contributed by atoms with Gasteiger partial charge in [0.05, 0.1) is 12.5 Å². The number of aromatic nitrogens is 2. The van der Waals surface area contributed by atoms with Crippen molar-refractivity contribution < 1.29 is 9.32 Å². The van der Waals surface area contributed by atoms with E-state index in [4.69, 9.17) is 4.52 Å². The summed E-state index contributed by atoms with van der Waals surface area (Å²) in [5.41, 5.74) is 3.57. The third-order valence-electron chi connectivity index (χ3n) is 6.21. The van der Waals surface area contributed by atoms with E-state index in [1.807, 2.05) is 29.2 Å². The predicted octanol–water partition coefficient (Wildman–Crippen LogP) is 4.30. The van der Waals surface area contributed by atoms with E-state index in [2.05, 4.69) is 55.2 Å². The molecule has 7 heteroatoms. The molecule has 3 heterocycles. The maximum Gasteiger partial charge on any atom is 0.241 e. The largest absolute Gasteiger partial charge is 0.338 e. The zero-order chi connectivity index (χ0) is 21.2. The van der Waals surface area contributed by atoms with Crippen LogP contribution in [0.4, 0.5) is 0 Å². The van der Waals surface area contributed by atoms with Gasteiger partial charge in [0.15, 0.2) is 0 Å². The van der Waals surface area contributed by atoms with Crippen molar-refractivity contribution in [3.8, 4) is 11.4 Å². The van der Waals surface area contributed by atoms with Crippen LogP contribution in [0.1, 0.15) is 29.9 Å². The number of halogens is 1. The number of piperidine rings is 1. The van der Waals surface area contributed by atoms with Gasteiger partial charge in [-0.15, -0.1) is 0 Å². The summed E-state index contributed by atoms with van der Waals surface area (Å²) in [5, 5.41) is 4.13. The number of nitrogens with zero attached hydrogens (tertiary/aromatic N) is 4. The third-order valence-corrected chi connectivity index (χ3v) is 6.70. The first kappa shape index (κ1) is 20.4. The first-order valence-electron chi connectivity index (χ1n) is 10.8. The smallest absolute Gasteiger partial charge is 0.241 e. The Morgan fingerprint density at radius 2 is 2.00 bits per heavy atom. The molecule has 1 saturated heterocycles. The molecule has 1 aromatic heterocycles. The molecule has 0 N–H and O–H groups in total. The van der Waals surface area contributed by atoms with Gasteiger partial charge in [-0.1, -0.05) is 57.5 Å². The van der Waals surface area contributed by atoms with Crippen LogP contribution in [0.25, 0.3) is 11.4 Å². The van der Waals surface area contributed by atoms with E-state index in [9.17, 15) is 4.79 Å². The predicted molar refractivity (Wildman–Crippen MR) is 121 cm³/mol. The Labute approximate surface area is 190 Å². The normalized spacial score (nSPS) is 19.3. The molecule has 1 amide bonds. The minimum absolute atomic E-state index is 0.0338. The van der Waals surface area contributed by atoms with Gasteiger partial charge in [-0.25, -0.2) is 0 Å². The zero-order valence-corrected chi connectivity index (χ0v) is 18.9. The van der Waals surface area contributed by atoms with Crippen molar-refractivity contribution in [2.75, 3.05) is 19.6 Å². The molecule has 31 heavy (non-hydrogen) atoms. The van der Waals surface area contributed by atoms with Crippen molar-refractivity contribution in [2.24, 2.45) is 5.92 Å². The Morgan fingerprint density at radius 3 is 2.87 bits per heavy atom. The molecule has 160 valence electrons. The second-order valence-corrected chi connectivity index (χ2v) is 9.29. The number of carbonyl (C=O) groups excluding carboxylic acids is 1. The van der Waals surface area contributed by atoms with Gasteiger partial charge in [0.25, 0.3) is 0 Å². The molecule has 0 saturated carbocycles. The number of hydrogen-bond donors (Lipinski definition) is 0. The fourth-order valence-electron chi connectivity index (χ4n) is 4.60. The van der Waals surface area contributed by atoms with Crippen molar-refractivity contribution in [1.29, 1.82) is 0 Å². The summed E-state index contributed by atoms with van der Waals surface area (Å²) in [6.45, 7) is 3.80. The lowest BCUT2D eigenvalue weighted by Crippen LogP contribution is -2.46. The number of likely N-dealkylation sites (tertiary alicyclic amines) is 1. The lowest BCUT2D eigenvalue weighted by atomic mass is 9.94. The van der Waals surface area contributed by atoms with Gasteiger partial charge in [0.2, 0.25) is 17.6 Å². The second kappa shape index (κ2) is 8.93. The average Bonchev–Trinajstić information content (AvgIpc) is 3.27. The molecule has 0 bridgehead atoms. The minimum Gasteiger partial charge on any atom is -0.338 e. The lowest BCUT2D eigenvalue weighted by Gasteiger charge is -2.36. The van der Waals surface area contributed by atoms with Gasteiger partial charge in [0.1, 0.15) is 0 Å². The van der Waals surface area contributed by atoms with Crippen LogP contribution in [0.3, 0.4) is 0 Å². The highest BCUT2D eigenvalue weighted by Crippen LogP contribution is 2.25. The zero-order valence-electron chi connectivity index (χ0n) is 17.3. The highest BCUT2D eigenvalue weighted by atomic mass is 79.9. The summed E-state index contributed by atoms with van der Waals surface area (Å²) in [6.07, 6.45) is 2.90. The molecule has 1 unspecified atom stereocenters. The van der Waals surface area contributed by atoms with Crippen LogP contribution in [0.2, 0.25) is 0 Å². The highest BCUT2D eigenvalue weighted by molar-refractivity contribution is 9.10. The molecule has 0 radical (unpaired) electrons. The summed E-state index contributed by atoms with van der Waals surface area (Å²) in [4.78, 5) is 22.1. The quantitative estimate of drug-likeness (QED) is 0.556. The number of hydrogen-bond acceptors (Lipinski definition) is 5. The molecule has 1 fully saturated rings. The Bertz CT molecular complexity index is 1080. The molecule has 0 aliphatic carbocycles. The van der Waals surface area contributed by atoms with E-state index >= 15 is 0 Å². The molecule has 2 aliphatic heterocycles. The maximum absolute atomic E-state index is 13.2. The van der Waals surface area contributed by atoms with Gasteiger partial charge in [0, 0.05) is 29.7 Å². The minimum atomic E-state index is 0.0338. The molecular formula is C24H25BrN4O2. The van der Waals surface area contributed by atoms with Gasteiger partial charge >= 0.3 is 0 Å². The van der Waals surface area contributed by atoms with Crippen molar-refractivity contribution in [3.63, 3.8) is 0 Å². The number of benzene rings is 2. The summed E-state index contributed by atoms with van der Waals surface area (Å²) in [7, 11) is 0. The van der Waals surface area contributed by atoms with Gasteiger partial charge in [-0.05, 0) is 49.1 Å². The summed E-state index contributed by atoms with van der Waals surface area (Å²) < 4.78 is 6.48. The van der Waals surface area contributed by atoms with Crippen LogP contribution in [0.15, 0.2) is 57.5 Å². The van der Waals surface area contributed by atoms with Crippen LogP contribution in [-0.4, -0.2) is 45.5 Å². The fourth-order valence-corrected chi connectivity index (χ4v) is 5.00. The Kier molecular flexibility index (Phi) is 5.87. The third kappa shape index (κ3) is 4.57. The van der Waals surface area contributed by atoms with Gasteiger partial charge in [-0.3, -0.25) is 9.69 Å². The number of fused-ring (bicyclic) bond motifs is 1. The molecule has 5 rings (SSSR count). The van der Waals surface area contributed by atoms with E-state index < -0.39 is 0 Å². The van der Waals surface area contributed by atoms with E-state index in [1.54, 1.807) is 0 Å². The van der Waals surface area contributed by atoms with Gasteiger partial charge < -0.3 is 9.42 Å². The molecule has 1 atom stereocenters. The Morgan fingerprint density at radius 1 is 1.13 bits per heavy atom. The second-order valence-electron chi connectivity index (χ2n) is 8.37. The summed E-state index contributed by atoms with van der Waals surface area (Å²) in [5.74, 6) is 1.49. The SMILES string of the molecule is O=C(C1CCCN(Cc2nc(-c3cccc(Br)c3)no2)C1)N1CCc2ccccc2C1. The molecule has 6 nitrogen and oxygen atoms in total. The van der Waals surface area contributed by atoms with Crippen LogP contribution < -0.4 is 0 Å². The van der Waals surface area contributed by atoms with E-state index in [0.717, 1.165) is 55.5 Å². The molecule has 2 aromatic carbocycles. The van der Waals surface area contributed by atoms with Crippen molar-refractivity contribution in [2.45, 2.75) is 32.4 Å². The van der Waals surface area contributed by atoms with Crippen LogP contribution in [-0.2, 0) is 24.3 Å². The molecular weight excluding hydrogens is 456 g/mol. The average molecular weight is 481 g/mol.